The first-order valence-electron chi connectivity index (χ1n) is 8.96. The number of carbonyl (C=O) groups is 2. The summed E-state index contributed by atoms with van der Waals surface area (Å²) in [5.74, 6) is 0.840. The zero-order valence-electron chi connectivity index (χ0n) is 15.7. The zero-order chi connectivity index (χ0) is 19.4. The van der Waals surface area contributed by atoms with E-state index in [-0.39, 0.29) is 18.6 Å². The number of ether oxygens (including phenoxy) is 3. The third-order valence-electron chi connectivity index (χ3n) is 4.16. The molecule has 0 aromatic heterocycles. The van der Waals surface area contributed by atoms with Crippen molar-refractivity contribution >= 4 is 17.6 Å². The van der Waals surface area contributed by atoms with Gasteiger partial charge in [-0.2, -0.15) is 0 Å². The van der Waals surface area contributed by atoms with Crippen LogP contribution in [0.3, 0.4) is 0 Å². The number of hydrogen-bond donors (Lipinski definition) is 1. The van der Waals surface area contributed by atoms with Crippen LogP contribution in [0.4, 0.5) is 5.69 Å². The second kappa shape index (κ2) is 8.12. The summed E-state index contributed by atoms with van der Waals surface area (Å²) >= 11 is 0. The lowest BCUT2D eigenvalue weighted by Gasteiger charge is -2.13. The number of esters is 1. The van der Waals surface area contributed by atoms with Gasteiger partial charge in [-0.3, -0.25) is 4.79 Å². The molecule has 0 aliphatic carbocycles. The lowest BCUT2D eigenvalue weighted by Crippen LogP contribution is -2.09. The van der Waals surface area contributed by atoms with Crippen molar-refractivity contribution in [3.05, 3.63) is 53.1 Å². The fraction of sp³-hybridized carbons (Fsp3) is 0.333. The van der Waals surface area contributed by atoms with Gasteiger partial charge in [-0.1, -0.05) is 6.07 Å². The molecule has 0 bridgehead atoms. The van der Waals surface area contributed by atoms with Crippen LogP contribution in [-0.4, -0.2) is 24.6 Å². The number of nitrogens with one attached hydrogen (secondary N) is 1. The van der Waals surface area contributed by atoms with Crippen molar-refractivity contribution in [3.63, 3.8) is 0 Å². The van der Waals surface area contributed by atoms with Crippen molar-refractivity contribution in [2.45, 2.75) is 39.9 Å². The van der Waals surface area contributed by atoms with Gasteiger partial charge in [0.15, 0.2) is 0 Å². The first-order chi connectivity index (χ1) is 13.0. The number of amides is 1. The number of fused-ring (bicyclic) bond motifs is 1. The SMILES string of the molecule is CCOc1cc2c(cc1COC(=O)c1cccc(NC(C)=O)c1)OC(C)C2. The maximum Gasteiger partial charge on any atom is 0.338 e. The molecular weight excluding hydrogens is 346 g/mol. The van der Waals surface area contributed by atoms with E-state index in [2.05, 4.69) is 5.32 Å². The molecule has 6 nitrogen and oxygen atoms in total. The monoisotopic (exact) mass is 369 g/mol. The highest BCUT2D eigenvalue weighted by Gasteiger charge is 2.22. The van der Waals surface area contributed by atoms with Crippen molar-refractivity contribution in [2.75, 3.05) is 11.9 Å². The summed E-state index contributed by atoms with van der Waals surface area (Å²) < 4.78 is 17.0. The minimum atomic E-state index is -0.473. The number of hydrogen-bond acceptors (Lipinski definition) is 5. The highest BCUT2D eigenvalue weighted by Crippen LogP contribution is 2.35. The van der Waals surface area contributed by atoms with Crippen LogP contribution in [0.5, 0.6) is 11.5 Å². The van der Waals surface area contributed by atoms with E-state index in [4.69, 9.17) is 14.2 Å². The van der Waals surface area contributed by atoms with E-state index in [1.807, 2.05) is 26.0 Å². The molecule has 0 fully saturated rings. The Morgan fingerprint density at radius 3 is 2.81 bits per heavy atom. The molecule has 142 valence electrons. The average molecular weight is 369 g/mol. The maximum atomic E-state index is 12.4. The van der Waals surface area contributed by atoms with E-state index in [1.54, 1.807) is 24.3 Å². The molecule has 1 heterocycles. The van der Waals surface area contributed by atoms with Crippen molar-refractivity contribution in [1.82, 2.24) is 0 Å². The van der Waals surface area contributed by atoms with E-state index in [0.29, 0.717) is 23.6 Å². The van der Waals surface area contributed by atoms with Crippen LogP contribution in [0, 0.1) is 0 Å². The van der Waals surface area contributed by atoms with Crippen LogP contribution >= 0.6 is 0 Å². The highest BCUT2D eigenvalue weighted by atomic mass is 16.5. The van der Waals surface area contributed by atoms with Crippen LogP contribution in [-0.2, 0) is 22.6 Å². The summed E-state index contributed by atoms with van der Waals surface area (Å²) in [5, 5.41) is 2.65. The topological polar surface area (TPSA) is 73.9 Å². The lowest BCUT2D eigenvalue weighted by atomic mass is 10.1. The molecule has 0 spiro atoms. The van der Waals surface area contributed by atoms with Crippen LogP contribution in [0.25, 0.3) is 0 Å². The molecular formula is C21H23NO5. The van der Waals surface area contributed by atoms with Crippen LogP contribution < -0.4 is 14.8 Å². The Morgan fingerprint density at radius 1 is 1.26 bits per heavy atom. The van der Waals surface area contributed by atoms with Gasteiger partial charge in [-0.25, -0.2) is 4.79 Å². The normalized spacial score (nSPS) is 14.9. The Bertz CT molecular complexity index is 862. The van der Waals surface area contributed by atoms with Crippen molar-refractivity contribution in [3.8, 4) is 11.5 Å². The van der Waals surface area contributed by atoms with E-state index in [1.165, 1.54) is 6.92 Å². The molecule has 27 heavy (non-hydrogen) atoms. The third kappa shape index (κ3) is 4.58. The maximum absolute atomic E-state index is 12.4. The van der Waals surface area contributed by atoms with Crippen LogP contribution in [0.1, 0.15) is 42.3 Å². The van der Waals surface area contributed by atoms with E-state index in [9.17, 15) is 9.59 Å². The average Bonchev–Trinajstić information content (AvgIpc) is 2.98. The Balaban J connectivity index is 1.73. The largest absolute Gasteiger partial charge is 0.493 e. The Kier molecular flexibility index (Phi) is 5.64. The summed E-state index contributed by atoms with van der Waals surface area (Å²) in [6, 6.07) is 10.5. The number of carbonyl (C=O) groups excluding carboxylic acids is 2. The standard InChI is InChI=1S/C21H23NO5/c1-4-25-19-10-16-8-13(2)27-20(16)11-17(19)12-26-21(24)15-6-5-7-18(9-15)22-14(3)23/h5-7,9-11,13H,4,8,12H2,1-3H3,(H,22,23). The summed E-state index contributed by atoms with van der Waals surface area (Å²) in [4.78, 5) is 23.6. The second-order valence-corrected chi connectivity index (χ2v) is 6.47. The van der Waals surface area contributed by atoms with E-state index >= 15 is 0 Å². The molecule has 6 heteroatoms. The van der Waals surface area contributed by atoms with Gasteiger partial charge in [-0.15, -0.1) is 0 Å². The minimum Gasteiger partial charge on any atom is -0.493 e. The molecule has 0 radical (unpaired) electrons. The summed E-state index contributed by atoms with van der Waals surface area (Å²) in [6.07, 6.45) is 0.967. The van der Waals surface area contributed by atoms with Crippen molar-refractivity contribution in [1.29, 1.82) is 0 Å². The van der Waals surface area contributed by atoms with E-state index in [0.717, 1.165) is 23.3 Å². The van der Waals surface area contributed by atoms with Gasteiger partial charge in [0.25, 0.3) is 0 Å². The molecule has 2 aromatic rings. The minimum absolute atomic E-state index is 0.0730. The predicted octanol–water partition coefficient (Wildman–Crippen LogP) is 3.72. The lowest BCUT2D eigenvalue weighted by molar-refractivity contribution is -0.114. The van der Waals surface area contributed by atoms with Gasteiger partial charge in [0.1, 0.15) is 24.2 Å². The molecule has 1 aliphatic rings. The van der Waals surface area contributed by atoms with Gasteiger partial charge in [-0.05, 0) is 44.2 Å². The van der Waals surface area contributed by atoms with Crippen LogP contribution in [0.2, 0.25) is 0 Å². The van der Waals surface area contributed by atoms with Gasteiger partial charge < -0.3 is 19.5 Å². The number of anilines is 1. The summed E-state index contributed by atoms with van der Waals surface area (Å²) in [6.45, 7) is 5.94. The van der Waals surface area contributed by atoms with Gasteiger partial charge >= 0.3 is 5.97 Å². The second-order valence-electron chi connectivity index (χ2n) is 6.47. The van der Waals surface area contributed by atoms with E-state index < -0.39 is 5.97 Å². The Labute approximate surface area is 158 Å². The van der Waals surface area contributed by atoms with Crippen LogP contribution in [0.15, 0.2) is 36.4 Å². The van der Waals surface area contributed by atoms with Gasteiger partial charge in [0.2, 0.25) is 5.91 Å². The molecule has 1 amide bonds. The Hall–Kier alpha value is -3.02. The fourth-order valence-corrected chi connectivity index (χ4v) is 3.04. The molecule has 2 aromatic carbocycles. The van der Waals surface area contributed by atoms with Crippen molar-refractivity contribution in [2.24, 2.45) is 0 Å². The highest BCUT2D eigenvalue weighted by molar-refractivity contribution is 5.93. The fourth-order valence-electron chi connectivity index (χ4n) is 3.04. The summed E-state index contributed by atoms with van der Waals surface area (Å²) in [7, 11) is 0. The molecule has 0 saturated carbocycles. The third-order valence-corrected chi connectivity index (χ3v) is 4.16. The molecule has 1 atom stereocenters. The number of rotatable bonds is 6. The molecule has 0 saturated heterocycles. The molecule has 3 rings (SSSR count). The Morgan fingerprint density at radius 2 is 2.07 bits per heavy atom. The van der Waals surface area contributed by atoms with Crippen molar-refractivity contribution < 1.29 is 23.8 Å². The smallest absolute Gasteiger partial charge is 0.338 e. The first-order valence-corrected chi connectivity index (χ1v) is 8.96. The quantitative estimate of drug-likeness (QED) is 0.786. The van der Waals surface area contributed by atoms with Gasteiger partial charge in [0, 0.05) is 30.2 Å². The summed E-state index contributed by atoms with van der Waals surface area (Å²) in [5.41, 5.74) is 2.78. The zero-order valence-corrected chi connectivity index (χ0v) is 15.7. The van der Waals surface area contributed by atoms with Gasteiger partial charge in [0.05, 0.1) is 12.2 Å². The molecule has 1 aliphatic heterocycles. The first kappa shape index (κ1) is 18.8. The number of benzene rings is 2. The molecule has 1 unspecified atom stereocenters. The predicted molar refractivity (Wildman–Crippen MR) is 101 cm³/mol. The molecule has 1 N–H and O–H groups in total.